The van der Waals surface area contributed by atoms with E-state index in [0.717, 1.165) is 5.56 Å². The minimum Gasteiger partial charge on any atom is -0.341 e. The van der Waals surface area contributed by atoms with Crippen molar-refractivity contribution in [3.63, 3.8) is 0 Å². The summed E-state index contributed by atoms with van der Waals surface area (Å²) in [6.45, 7) is 6.65. The van der Waals surface area contributed by atoms with Crippen LogP contribution >= 0.6 is 11.8 Å². The Kier molecular flexibility index (Phi) is 4.98. The van der Waals surface area contributed by atoms with Crippen LogP contribution in [0, 0.1) is 0 Å². The summed E-state index contributed by atoms with van der Waals surface area (Å²) >= 11 is 1.53. The summed E-state index contributed by atoms with van der Waals surface area (Å²) in [4.78, 5) is 32.4. The maximum absolute atomic E-state index is 13.1. The first kappa shape index (κ1) is 19.7. The van der Waals surface area contributed by atoms with E-state index in [0.29, 0.717) is 28.5 Å². The highest BCUT2D eigenvalue weighted by molar-refractivity contribution is 7.99. The number of benzene rings is 1. The van der Waals surface area contributed by atoms with Crippen LogP contribution in [-0.4, -0.2) is 42.9 Å². The van der Waals surface area contributed by atoms with Crippen LogP contribution < -0.4 is 5.56 Å². The van der Waals surface area contributed by atoms with Crippen molar-refractivity contribution < 1.29 is 4.79 Å². The zero-order valence-corrected chi connectivity index (χ0v) is 17.9. The van der Waals surface area contributed by atoms with Crippen LogP contribution in [0.15, 0.2) is 46.5 Å². The van der Waals surface area contributed by atoms with Crippen molar-refractivity contribution in [2.24, 2.45) is 0 Å². The molecule has 1 aromatic carbocycles. The standard InChI is InChI=1S/C21H25N5O2S/c1-21(2,3)26-18-16(11-22-26)19(28)25-15(13-29-20(25)23-18)10-17(27)24(4)12-14-8-6-5-7-9-14/h5-9,11,15H,10,12-13H2,1-4H3. The van der Waals surface area contributed by atoms with Gasteiger partial charge in [-0.25, -0.2) is 9.67 Å². The summed E-state index contributed by atoms with van der Waals surface area (Å²) in [5.41, 5.74) is 1.31. The average molecular weight is 412 g/mol. The number of thioether (sulfide) groups is 1. The van der Waals surface area contributed by atoms with Gasteiger partial charge in [-0.2, -0.15) is 5.10 Å². The van der Waals surface area contributed by atoms with Gasteiger partial charge in [0.05, 0.1) is 17.8 Å². The van der Waals surface area contributed by atoms with E-state index in [1.807, 2.05) is 51.1 Å². The number of hydrogen-bond donors (Lipinski definition) is 0. The molecule has 4 rings (SSSR count). The van der Waals surface area contributed by atoms with Crippen molar-refractivity contribution in [1.82, 2.24) is 24.2 Å². The first-order valence-electron chi connectivity index (χ1n) is 9.67. The average Bonchev–Trinajstić information content (AvgIpc) is 3.27. The van der Waals surface area contributed by atoms with Crippen LogP contribution in [0.4, 0.5) is 0 Å². The molecule has 1 amide bonds. The molecule has 0 saturated heterocycles. The Balaban J connectivity index is 1.58. The third-order valence-corrected chi connectivity index (χ3v) is 6.20. The predicted octanol–water partition coefficient (Wildman–Crippen LogP) is 3.04. The van der Waals surface area contributed by atoms with Crippen LogP contribution in [0.5, 0.6) is 0 Å². The normalized spacial score (nSPS) is 16.2. The minimum absolute atomic E-state index is 0.0182. The van der Waals surface area contributed by atoms with Gasteiger partial charge < -0.3 is 4.90 Å². The molecule has 0 radical (unpaired) electrons. The largest absolute Gasteiger partial charge is 0.341 e. The molecule has 0 bridgehead atoms. The number of carbonyl (C=O) groups is 1. The second kappa shape index (κ2) is 7.33. The molecule has 29 heavy (non-hydrogen) atoms. The molecule has 0 aliphatic carbocycles. The van der Waals surface area contributed by atoms with Crippen molar-refractivity contribution >= 4 is 28.7 Å². The first-order chi connectivity index (χ1) is 13.8. The van der Waals surface area contributed by atoms with Crippen molar-refractivity contribution in [2.45, 2.75) is 50.5 Å². The summed E-state index contributed by atoms with van der Waals surface area (Å²) < 4.78 is 3.47. The second-order valence-corrected chi connectivity index (χ2v) is 9.43. The zero-order valence-electron chi connectivity index (χ0n) is 17.1. The molecular weight excluding hydrogens is 386 g/mol. The molecular formula is C21H25N5O2S. The highest BCUT2D eigenvalue weighted by atomic mass is 32.2. The fourth-order valence-electron chi connectivity index (χ4n) is 3.57. The molecule has 152 valence electrons. The van der Waals surface area contributed by atoms with E-state index < -0.39 is 0 Å². The number of hydrogen-bond acceptors (Lipinski definition) is 5. The van der Waals surface area contributed by atoms with E-state index in [1.54, 1.807) is 27.4 Å². The van der Waals surface area contributed by atoms with Crippen molar-refractivity contribution in [1.29, 1.82) is 0 Å². The highest BCUT2D eigenvalue weighted by Crippen LogP contribution is 2.34. The molecule has 0 saturated carbocycles. The Labute approximate surface area is 173 Å². The fraction of sp³-hybridized carbons (Fsp3) is 0.429. The molecule has 2 aromatic heterocycles. The van der Waals surface area contributed by atoms with Gasteiger partial charge in [0.25, 0.3) is 5.56 Å². The molecule has 1 unspecified atom stereocenters. The van der Waals surface area contributed by atoms with Gasteiger partial charge in [-0.15, -0.1) is 0 Å². The van der Waals surface area contributed by atoms with Gasteiger partial charge in [0.15, 0.2) is 10.8 Å². The Bertz CT molecular complexity index is 1110. The molecule has 3 heterocycles. The van der Waals surface area contributed by atoms with E-state index in [2.05, 4.69) is 5.10 Å². The van der Waals surface area contributed by atoms with Gasteiger partial charge in [0.2, 0.25) is 5.91 Å². The topological polar surface area (TPSA) is 73.0 Å². The summed E-state index contributed by atoms with van der Waals surface area (Å²) in [5, 5.41) is 5.55. The molecule has 8 heteroatoms. The van der Waals surface area contributed by atoms with Crippen molar-refractivity contribution in [3.8, 4) is 0 Å². The van der Waals surface area contributed by atoms with Crippen molar-refractivity contribution in [3.05, 3.63) is 52.4 Å². The van der Waals surface area contributed by atoms with Gasteiger partial charge in [-0.1, -0.05) is 42.1 Å². The number of fused-ring (bicyclic) bond motifs is 2. The van der Waals surface area contributed by atoms with E-state index in [1.165, 1.54) is 11.8 Å². The Hall–Kier alpha value is -2.61. The monoisotopic (exact) mass is 411 g/mol. The molecule has 0 N–H and O–H groups in total. The first-order valence-corrected chi connectivity index (χ1v) is 10.7. The molecule has 0 spiro atoms. The molecule has 7 nitrogen and oxygen atoms in total. The number of amides is 1. The molecule has 1 aliphatic rings. The van der Waals surface area contributed by atoms with Crippen molar-refractivity contribution in [2.75, 3.05) is 12.8 Å². The lowest BCUT2D eigenvalue weighted by Crippen LogP contribution is -2.32. The third-order valence-electron chi connectivity index (χ3n) is 5.10. The Morgan fingerprint density at radius 1 is 1.28 bits per heavy atom. The molecule has 1 aliphatic heterocycles. The summed E-state index contributed by atoms with van der Waals surface area (Å²) in [7, 11) is 1.80. The maximum Gasteiger partial charge on any atom is 0.265 e. The molecule has 1 atom stereocenters. The third kappa shape index (κ3) is 3.69. The van der Waals surface area contributed by atoms with Crippen LogP contribution in [0.25, 0.3) is 11.0 Å². The van der Waals surface area contributed by atoms with Gasteiger partial charge in [0.1, 0.15) is 5.39 Å². The number of nitrogens with zero attached hydrogens (tertiary/aromatic N) is 5. The Morgan fingerprint density at radius 3 is 2.69 bits per heavy atom. The molecule has 3 aromatic rings. The lowest BCUT2D eigenvalue weighted by molar-refractivity contribution is -0.131. The quantitative estimate of drug-likeness (QED) is 0.617. The molecule has 0 fully saturated rings. The summed E-state index contributed by atoms with van der Waals surface area (Å²) in [6, 6.07) is 9.70. The lowest BCUT2D eigenvalue weighted by Gasteiger charge is -2.21. The predicted molar refractivity (Wildman–Crippen MR) is 114 cm³/mol. The van der Waals surface area contributed by atoms with Gasteiger partial charge in [0, 0.05) is 25.8 Å². The van der Waals surface area contributed by atoms with Crippen LogP contribution in [0.2, 0.25) is 0 Å². The Morgan fingerprint density at radius 2 is 2.00 bits per heavy atom. The van der Waals surface area contributed by atoms with E-state index in [9.17, 15) is 9.59 Å². The number of carbonyl (C=O) groups excluding carboxylic acids is 1. The SMILES string of the molecule is CN(Cc1ccccc1)C(=O)CC1CSc2nc3c(cnn3C(C)(C)C)c(=O)n21. The van der Waals surface area contributed by atoms with E-state index in [4.69, 9.17) is 4.98 Å². The van der Waals surface area contributed by atoms with Gasteiger partial charge in [-0.3, -0.25) is 14.2 Å². The van der Waals surface area contributed by atoms with E-state index in [-0.39, 0.29) is 29.5 Å². The van der Waals surface area contributed by atoms with Crippen LogP contribution in [0.3, 0.4) is 0 Å². The van der Waals surface area contributed by atoms with Crippen LogP contribution in [0.1, 0.15) is 38.8 Å². The van der Waals surface area contributed by atoms with Gasteiger partial charge >= 0.3 is 0 Å². The smallest absolute Gasteiger partial charge is 0.265 e. The minimum atomic E-state index is -0.265. The summed E-state index contributed by atoms with van der Waals surface area (Å²) in [5.74, 6) is 0.688. The highest BCUT2D eigenvalue weighted by Gasteiger charge is 2.31. The lowest BCUT2D eigenvalue weighted by atomic mass is 10.1. The second-order valence-electron chi connectivity index (χ2n) is 8.44. The fourth-order valence-corrected chi connectivity index (χ4v) is 4.71. The van der Waals surface area contributed by atoms with Gasteiger partial charge in [-0.05, 0) is 26.3 Å². The maximum atomic E-state index is 13.1. The van der Waals surface area contributed by atoms with E-state index >= 15 is 0 Å². The van der Waals surface area contributed by atoms with Crippen LogP contribution in [-0.2, 0) is 16.9 Å². The number of aromatic nitrogens is 4. The number of rotatable bonds is 4. The summed E-state index contributed by atoms with van der Waals surface area (Å²) in [6.07, 6.45) is 1.87. The zero-order chi connectivity index (χ0) is 20.8.